The van der Waals surface area contributed by atoms with Crippen LogP contribution in [0.4, 0.5) is 18.9 Å². The van der Waals surface area contributed by atoms with Gasteiger partial charge in [0.15, 0.2) is 0 Å². The smallest absolute Gasteiger partial charge is 0.288 e. The van der Waals surface area contributed by atoms with Crippen molar-refractivity contribution in [2.24, 2.45) is 0 Å². The van der Waals surface area contributed by atoms with Gasteiger partial charge in [-0.25, -0.2) is 4.39 Å². The minimum atomic E-state index is -2.46. The Labute approximate surface area is 127 Å². The summed E-state index contributed by atoms with van der Waals surface area (Å²) in [4.78, 5) is 0.487. The van der Waals surface area contributed by atoms with E-state index < -0.39 is 5.76 Å². The van der Waals surface area contributed by atoms with Crippen LogP contribution in [-0.4, -0.2) is 5.76 Å². The highest BCUT2D eigenvalue weighted by Crippen LogP contribution is 2.32. The van der Waals surface area contributed by atoms with Crippen LogP contribution in [0.3, 0.4) is 0 Å². The summed E-state index contributed by atoms with van der Waals surface area (Å²) >= 11 is 3.77. The molecule has 0 fully saturated rings. The van der Waals surface area contributed by atoms with E-state index in [0.717, 1.165) is 5.56 Å². The lowest BCUT2D eigenvalue weighted by atomic mass is 10.2. The highest BCUT2D eigenvalue weighted by atomic mass is 79.9. The predicted molar refractivity (Wildman–Crippen MR) is 79.7 cm³/mol. The van der Waals surface area contributed by atoms with E-state index in [0.29, 0.717) is 33.4 Å². The molecule has 20 heavy (non-hydrogen) atoms. The Morgan fingerprint density at radius 3 is 2.60 bits per heavy atom. The Kier molecular flexibility index (Phi) is 5.37. The second-order valence-electron chi connectivity index (χ2n) is 3.96. The molecule has 0 aromatic heterocycles. The average Bonchev–Trinajstić information content (AvgIpc) is 2.39. The lowest BCUT2D eigenvalue weighted by Gasteiger charge is -2.12. The van der Waals surface area contributed by atoms with Gasteiger partial charge in [-0.2, -0.15) is 8.78 Å². The van der Waals surface area contributed by atoms with Crippen LogP contribution in [0, 0.1) is 5.82 Å². The Morgan fingerprint density at radius 1 is 1.15 bits per heavy atom. The number of rotatable bonds is 5. The maximum Gasteiger partial charge on any atom is 0.288 e. The number of halogens is 4. The number of thioether (sulfide) groups is 1. The molecule has 2 aromatic rings. The SMILES string of the molecule is Fc1ccc(CNc2ccccc2SC(F)F)c(Br)c1. The topological polar surface area (TPSA) is 12.0 Å². The lowest BCUT2D eigenvalue weighted by Crippen LogP contribution is -2.02. The zero-order chi connectivity index (χ0) is 14.5. The Hall–Kier alpha value is -1.14. The van der Waals surface area contributed by atoms with Crippen molar-refractivity contribution >= 4 is 33.4 Å². The van der Waals surface area contributed by atoms with Crippen LogP contribution in [-0.2, 0) is 6.54 Å². The van der Waals surface area contributed by atoms with Crippen LogP contribution in [0.5, 0.6) is 0 Å². The maximum absolute atomic E-state index is 13.0. The molecule has 0 bridgehead atoms. The predicted octanol–water partition coefficient (Wildman–Crippen LogP) is 5.52. The van der Waals surface area contributed by atoms with E-state index in [4.69, 9.17) is 0 Å². The van der Waals surface area contributed by atoms with Gasteiger partial charge in [0.05, 0.1) is 0 Å². The molecule has 0 spiro atoms. The quantitative estimate of drug-likeness (QED) is 0.704. The standard InChI is InChI=1S/C14H11BrF3NS/c15-11-7-10(16)6-5-9(11)8-19-12-3-1-2-4-13(12)20-14(17)18/h1-7,14,19H,8H2. The highest BCUT2D eigenvalue weighted by Gasteiger charge is 2.10. The van der Waals surface area contributed by atoms with Gasteiger partial charge in [-0.15, -0.1) is 0 Å². The molecular weight excluding hydrogens is 351 g/mol. The molecule has 0 saturated carbocycles. The van der Waals surface area contributed by atoms with Crippen molar-refractivity contribution in [3.05, 3.63) is 58.3 Å². The van der Waals surface area contributed by atoms with Gasteiger partial charge in [0.1, 0.15) is 5.82 Å². The van der Waals surface area contributed by atoms with Crippen molar-refractivity contribution in [1.82, 2.24) is 0 Å². The van der Waals surface area contributed by atoms with E-state index >= 15 is 0 Å². The van der Waals surface area contributed by atoms with Gasteiger partial charge in [-0.05, 0) is 29.8 Å². The second-order valence-corrected chi connectivity index (χ2v) is 5.85. The third-order valence-corrected chi connectivity index (χ3v) is 4.11. The summed E-state index contributed by atoms with van der Waals surface area (Å²) in [6, 6.07) is 11.2. The molecule has 2 rings (SSSR count). The summed E-state index contributed by atoms with van der Waals surface area (Å²) in [6.07, 6.45) is 0. The van der Waals surface area contributed by atoms with Crippen molar-refractivity contribution in [3.8, 4) is 0 Å². The average molecular weight is 362 g/mol. The van der Waals surface area contributed by atoms with Gasteiger partial charge in [0.2, 0.25) is 0 Å². The normalized spacial score (nSPS) is 10.8. The molecule has 1 N–H and O–H groups in total. The van der Waals surface area contributed by atoms with Crippen LogP contribution in [0.1, 0.15) is 5.56 Å². The van der Waals surface area contributed by atoms with Crippen LogP contribution < -0.4 is 5.32 Å². The summed E-state index contributed by atoms with van der Waals surface area (Å²) in [5, 5.41) is 3.09. The Bertz CT molecular complexity index is 592. The minimum Gasteiger partial charge on any atom is -0.380 e. The molecule has 0 unspecified atom stereocenters. The largest absolute Gasteiger partial charge is 0.380 e. The van der Waals surface area contributed by atoms with Crippen molar-refractivity contribution in [2.75, 3.05) is 5.32 Å². The Morgan fingerprint density at radius 2 is 1.90 bits per heavy atom. The first-order valence-corrected chi connectivity index (χ1v) is 7.45. The third-order valence-electron chi connectivity index (χ3n) is 2.59. The molecular formula is C14H11BrF3NS. The molecule has 0 aliphatic carbocycles. The van der Waals surface area contributed by atoms with Crippen LogP contribution in [0.25, 0.3) is 0 Å². The van der Waals surface area contributed by atoms with Crippen molar-refractivity contribution < 1.29 is 13.2 Å². The van der Waals surface area contributed by atoms with E-state index in [1.165, 1.54) is 12.1 Å². The van der Waals surface area contributed by atoms with Crippen LogP contribution in [0.15, 0.2) is 51.8 Å². The lowest BCUT2D eigenvalue weighted by molar-refractivity contribution is 0.252. The van der Waals surface area contributed by atoms with Gasteiger partial charge in [-0.1, -0.05) is 45.9 Å². The van der Waals surface area contributed by atoms with Gasteiger partial charge in [0.25, 0.3) is 5.76 Å². The summed E-state index contributed by atoms with van der Waals surface area (Å²) in [7, 11) is 0. The first-order valence-electron chi connectivity index (χ1n) is 5.78. The number of hydrogen-bond donors (Lipinski definition) is 1. The molecule has 6 heteroatoms. The molecule has 0 atom stereocenters. The molecule has 0 aliphatic heterocycles. The summed E-state index contributed by atoms with van der Waals surface area (Å²) in [5.74, 6) is -2.79. The van der Waals surface area contributed by atoms with Gasteiger partial charge < -0.3 is 5.32 Å². The minimum absolute atomic E-state index is 0.325. The third kappa shape index (κ3) is 4.18. The van der Waals surface area contributed by atoms with Crippen molar-refractivity contribution in [1.29, 1.82) is 0 Å². The fourth-order valence-corrected chi connectivity index (χ4v) is 2.77. The monoisotopic (exact) mass is 361 g/mol. The number of alkyl halides is 2. The van der Waals surface area contributed by atoms with Crippen LogP contribution in [0.2, 0.25) is 0 Å². The van der Waals surface area contributed by atoms with E-state index in [1.807, 2.05) is 0 Å². The van der Waals surface area contributed by atoms with E-state index in [9.17, 15) is 13.2 Å². The molecule has 0 amide bonds. The molecule has 2 aromatic carbocycles. The number of anilines is 1. The molecule has 1 nitrogen and oxygen atoms in total. The number of para-hydroxylation sites is 1. The number of benzene rings is 2. The van der Waals surface area contributed by atoms with Gasteiger partial charge in [0, 0.05) is 21.6 Å². The zero-order valence-corrected chi connectivity index (χ0v) is 12.6. The van der Waals surface area contributed by atoms with Gasteiger partial charge in [-0.3, -0.25) is 0 Å². The summed E-state index contributed by atoms with van der Waals surface area (Å²) in [5.41, 5.74) is 1.48. The first-order chi connectivity index (χ1) is 9.56. The Balaban J connectivity index is 2.10. The maximum atomic E-state index is 13.0. The number of hydrogen-bond acceptors (Lipinski definition) is 2. The van der Waals surface area contributed by atoms with Crippen molar-refractivity contribution in [2.45, 2.75) is 17.2 Å². The van der Waals surface area contributed by atoms with Crippen LogP contribution >= 0.6 is 27.7 Å². The van der Waals surface area contributed by atoms with E-state index in [1.54, 1.807) is 30.3 Å². The molecule has 0 radical (unpaired) electrons. The van der Waals surface area contributed by atoms with Crippen molar-refractivity contribution in [3.63, 3.8) is 0 Å². The van der Waals surface area contributed by atoms with E-state index in [-0.39, 0.29) is 5.82 Å². The second kappa shape index (κ2) is 7.04. The molecule has 0 saturated heterocycles. The number of nitrogens with one attached hydrogen (secondary N) is 1. The first kappa shape index (κ1) is 15.3. The van der Waals surface area contributed by atoms with E-state index in [2.05, 4.69) is 21.2 Å². The highest BCUT2D eigenvalue weighted by molar-refractivity contribution is 9.10. The molecule has 0 heterocycles. The molecule has 106 valence electrons. The van der Waals surface area contributed by atoms with Gasteiger partial charge >= 0.3 is 0 Å². The fraction of sp³-hybridized carbons (Fsp3) is 0.143. The fourth-order valence-electron chi connectivity index (χ4n) is 1.67. The zero-order valence-electron chi connectivity index (χ0n) is 10.2. The summed E-state index contributed by atoms with van der Waals surface area (Å²) < 4.78 is 38.5. The molecule has 0 aliphatic rings. The summed E-state index contributed by atoms with van der Waals surface area (Å²) in [6.45, 7) is 0.418.